The number of hydrogen-bond donors (Lipinski definition) is 2. The van der Waals surface area contributed by atoms with Gasteiger partial charge in [-0.15, -0.1) is 5.53 Å². The molecule has 2 aliphatic rings. The summed E-state index contributed by atoms with van der Waals surface area (Å²) in [5, 5.41) is 0.908. The van der Waals surface area contributed by atoms with Crippen LogP contribution in [0.15, 0.2) is 42.0 Å². The number of nitrogens with one attached hydrogen (secondary N) is 2. The van der Waals surface area contributed by atoms with Gasteiger partial charge in [0.15, 0.2) is 5.82 Å². The minimum atomic E-state index is -4.66. The van der Waals surface area contributed by atoms with Gasteiger partial charge in [-0.1, -0.05) is 17.7 Å². The molecule has 1 amide bonds. The van der Waals surface area contributed by atoms with Gasteiger partial charge >= 0.3 is 6.18 Å². The summed E-state index contributed by atoms with van der Waals surface area (Å²) in [5.74, 6) is -0.975. The molecule has 0 aliphatic carbocycles. The van der Waals surface area contributed by atoms with Crippen molar-refractivity contribution in [1.29, 1.82) is 0 Å². The van der Waals surface area contributed by atoms with Crippen LogP contribution in [0.4, 0.5) is 23.5 Å². The van der Waals surface area contributed by atoms with E-state index in [1.165, 1.54) is 16.0 Å². The molecule has 30 heavy (non-hydrogen) atoms. The van der Waals surface area contributed by atoms with Crippen LogP contribution >= 0.6 is 11.6 Å². The van der Waals surface area contributed by atoms with E-state index in [1.54, 1.807) is 6.92 Å². The molecule has 0 fully saturated rings. The molecule has 12 heteroatoms. The highest BCUT2D eigenvalue weighted by Crippen LogP contribution is 2.37. The lowest BCUT2D eigenvalue weighted by Gasteiger charge is -2.34. The number of carbonyl (C=O) groups excluding carboxylic acids is 1. The van der Waals surface area contributed by atoms with Crippen molar-refractivity contribution in [1.82, 2.24) is 25.8 Å². The van der Waals surface area contributed by atoms with Crippen molar-refractivity contribution >= 4 is 23.5 Å². The topological polar surface area (TPSA) is 73.4 Å². The average Bonchev–Trinajstić information content (AvgIpc) is 3.13. The van der Waals surface area contributed by atoms with Gasteiger partial charge in [-0.2, -0.15) is 13.2 Å². The summed E-state index contributed by atoms with van der Waals surface area (Å²) in [5.41, 5.74) is 5.89. The first-order chi connectivity index (χ1) is 14.2. The number of hydrazine groups is 2. The Hall–Kier alpha value is -2.92. The number of halogens is 5. The smallest absolute Gasteiger partial charge is 0.330 e. The molecule has 1 aromatic carbocycles. The van der Waals surface area contributed by atoms with E-state index in [9.17, 15) is 22.4 Å². The van der Waals surface area contributed by atoms with Crippen LogP contribution in [0.25, 0.3) is 0 Å². The number of anilines is 1. The van der Waals surface area contributed by atoms with Crippen LogP contribution in [0, 0.1) is 5.82 Å². The maximum Gasteiger partial charge on any atom is 0.417 e. The lowest BCUT2D eigenvalue weighted by Crippen LogP contribution is -2.46. The lowest BCUT2D eigenvalue weighted by atomic mass is 10.0. The Labute approximate surface area is 173 Å². The van der Waals surface area contributed by atoms with Crippen molar-refractivity contribution in [3.05, 3.63) is 64.0 Å². The third-order valence-electron chi connectivity index (χ3n) is 4.96. The summed E-state index contributed by atoms with van der Waals surface area (Å²) >= 11 is 5.92. The number of hydrogen-bond acceptors (Lipinski definition) is 6. The highest BCUT2D eigenvalue weighted by atomic mass is 35.5. The first-order valence-corrected chi connectivity index (χ1v) is 9.25. The van der Waals surface area contributed by atoms with Crippen LogP contribution in [0.5, 0.6) is 0 Å². The van der Waals surface area contributed by atoms with Gasteiger partial charge in [-0.3, -0.25) is 4.79 Å². The normalized spacial score (nSPS) is 19.1. The number of carbonyl (C=O) groups is 1. The van der Waals surface area contributed by atoms with Crippen molar-refractivity contribution < 1.29 is 22.4 Å². The summed E-state index contributed by atoms with van der Waals surface area (Å²) in [6.45, 7) is 1.96. The van der Waals surface area contributed by atoms with E-state index in [0.29, 0.717) is 12.1 Å². The monoisotopic (exact) mass is 442 g/mol. The van der Waals surface area contributed by atoms with Crippen LogP contribution in [-0.2, 0) is 6.18 Å². The van der Waals surface area contributed by atoms with Gasteiger partial charge in [0.25, 0.3) is 5.91 Å². The van der Waals surface area contributed by atoms with E-state index in [-0.39, 0.29) is 18.1 Å². The fraction of sp³-hybridized carbons (Fsp3) is 0.278. The molecule has 2 aromatic rings. The zero-order valence-corrected chi connectivity index (χ0v) is 16.2. The van der Waals surface area contributed by atoms with Crippen molar-refractivity contribution in [2.24, 2.45) is 0 Å². The third kappa shape index (κ3) is 3.43. The summed E-state index contributed by atoms with van der Waals surface area (Å²) < 4.78 is 52.5. The Kier molecular flexibility index (Phi) is 5.02. The van der Waals surface area contributed by atoms with Crippen LogP contribution in [0.1, 0.15) is 29.3 Å². The Morgan fingerprint density at radius 1 is 1.27 bits per heavy atom. The van der Waals surface area contributed by atoms with Gasteiger partial charge in [0, 0.05) is 13.0 Å². The fourth-order valence-electron chi connectivity index (χ4n) is 3.48. The van der Waals surface area contributed by atoms with E-state index in [4.69, 9.17) is 11.6 Å². The maximum atomic E-state index is 13.1. The molecule has 4 rings (SSSR count). The Morgan fingerprint density at radius 2 is 1.97 bits per heavy atom. The van der Waals surface area contributed by atoms with Gasteiger partial charge in [0.05, 0.1) is 46.0 Å². The van der Waals surface area contributed by atoms with Crippen LogP contribution < -0.4 is 16.0 Å². The van der Waals surface area contributed by atoms with E-state index in [1.807, 2.05) is 0 Å². The Balaban J connectivity index is 1.61. The number of amides is 1. The van der Waals surface area contributed by atoms with Gasteiger partial charge in [-0.05, 0) is 19.1 Å². The van der Waals surface area contributed by atoms with Crippen LogP contribution in [0.3, 0.4) is 0 Å². The molecule has 7 nitrogen and oxygen atoms in total. The molecule has 3 heterocycles. The highest BCUT2D eigenvalue weighted by Gasteiger charge is 2.39. The van der Waals surface area contributed by atoms with Crippen molar-refractivity contribution in [2.45, 2.75) is 25.6 Å². The van der Waals surface area contributed by atoms with Crippen LogP contribution in [-0.4, -0.2) is 33.4 Å². The molecule has 0 saturated carbocycles. The molecule has 0 spiro atoms. The van der Waals surface area contributed by atoms with E-state index in [2.05, 4.69) is 20.9 Å². The van der Waals surface area contributed by atoms with E-state index >= 15 is 0 Å². The lowest BCUT2D eigenvalue weighted by molar-refractivity contribution is -0.137. The number of benzene rings is 1. The molecule has 158 valence electrons. The average molecular weight is 443 g/mol. The second-order valence-electron chi connectivity index (χ2n) is 6.72. The predicted octanol–water partition coefficient (Wildman–Crippen LogP) is 3.26. The molecule has 0 radical (unpaired) electrons. The standard InChI is InChI=1S/C18H15ClF4N6O/c1-9-15-13(29(27-26-15)17-24-7-10(20)8-25-17)5-6-28(9)16(30)11-3-2-4-12(14(11)19)18(21,22)23/h2-4,7-9,26-27H,5-6H2,1H3. The highest BCUT2D eigenvalue weighted by molar-refractivity contribution is 6.34. The molecule has 1 aromatic heterocycles. The number of alkyl halides is 3. The number of aromatic nitrogens is 2. The molecule has 1 atom stereocenters. The summed E-state index contributed by atoms with van der Waals surface area (Å²) in [4.78, 5) is 22.3. The summed E-state index contributed by atoms with van der Waals surface area (Å²) in [7, 11) is 0. The van der Waals surface area contributed by atoms with Crippen molar-refractivity contribution in [3.8, 4) is 0 Å². The molecule has 2 aliphatic heterocycles. The van der Waals surface area contributed by atoms with Crippen LogP contribution in [0.2, 0.25) is 5.02 Å². The molecular formula is C18H15ClF4N6O. The second kappa shape index (κ2) is 7.40. The minimum Gasteiger partial charge on any atom is -0.330 e. The summed E-state index contributed by atoms with van der Waals surface area (Å²) in [6.07, 6.45) is -2.24. The molecule has 0 saturated heterocycles. The summed E-state index contributed by atoms with van der Waals surface area (Å²) in [6, 6.07) is 2.77. The zero-order valence-electron chi connectivity index (χ0n) is 15.5. The maximum absolute atomic E-state index is 13.1. The van der Waals surface area contributed by atoms with Crippen molar-refractivity contribution in [3.63, 3.8) is 0 Å². The van der Waals surface area contributed by atoms with Gasteiger partial charge < -0.3 is 10.3 Å². The second-order valence-corrected chi connectivity index (χ2v) is 7.10. The molecule has 1 unspecified atom stereocenters. The first-order valence-electron chi connectivity index (χ1n) is 8.87. The SMILES string of the molecule is CC1C2=C(CCN1C(=O)c1cccc(C(F)(F)F)c1Cl)N(c1ncc(F)cn1)NN2. The zero-order chi connectivity index (χ0) is 21.6. The third-order valence-corrected chi connectivity index (χ3v) is 5.37. The first kappa shape index (κ1) is 20.4. The quantitative estimate of drug-likeness (QED) is 0.696. The van der Waals surface area contributed by atoms with Gasteiger partial charge in [-0.25, -0.2) is 19.4 Å². The Morgan fingerprint density at radius 3 is 2.63 bits per heavy atom. The van der Waals surface area contributed by atoms with E-state index in [0.717, 1.165) is 30.2 Å². The minimum absolute atomic E-state index is 0.210. The Bertz CT molecular complexity index is 1030. The molecule has 0 bridgehead atoms. The predicted molar refractivity (Wildman–Crippen MR) is 99.3 cm³/mol. The number of nitrogens with zero attached hydrogens (tertiary/aromatic N) is 4. The fourth-order valence-corrected chi connectivity index (χ4v) is 3.80. The largest absolute Gasteiger partial charge is 0.417 e. The molecule has 2 N–H and O–H groups in total. The number of rotatable bonds is 2. The van der Waals surface area contributed by atoms with Gasteiger partial charge in [0.1, 0.15) is 0 Å². The molecular weight excluding hydrogens is 428 g/mol. The van der Waals surface area contributed by atoms with E-state index < -0.39 is 34.5 Å². The van der Waals surface area contributed by atoms with Crippen molar-refractivity contribution in [2.75, 3.05) is 11.6 Å². The van der Waals surface area contributed by atoms with Gasteiger partial charge in [0.2, 0.25) is 5.95 Å².